The molecule has 0 saturated carbocycles. The van der Waals surface area contributed by atoms with Crippen molar-refractivity contribution >= 4 is 21.9 Å². The lowest BCUT2D eigenvalue weighted by atomic mass is 10.2. The van der Waals surface area contributed by atoms with Gasteiger partial charge in [-0.05, 0) is 28.1 Å². The van der Waals surface area contributed by atoms with Crippen LogP contribution in [-0.4, -0.2) is 16.2 Å². The van der Waals surface area contributed by atoms with Gasteiger partial charge >= 0.3 is 5.97 Å². The molecule has 0 fully saturated rings. The highest BCUT2D eigenvalue weighted by atomic mass is 79.9. The van der Waals surface area contributed by atoms with Gasteiger partial charge in [-0.3, -0.25) is 0 Å². The summed E-state index contributed by atoms with van der Waals surface area (Å²) in [7, 11) is 0. The molecule has 57 valence electrons. The van der Waals surface area contributed by atoms with Gasteiger partial charge in [0.05, 0.1) is 0 Å². The van der Waals surface area contributed by atoms with Crippen LogP contribution in [0.3, 0.4) is 0 Å². The Morgan fingerprint density at radius 2 is 2.27 bits per heavy atom. The first-order chi connectivity index (χ1) is 5.13. The van der Waals surface area contributed by atoms with E-state index in [4.69, 9.17) is 10.2 Å². The lowest BCUT2D eigenvalue weighted by Crippen LogP contribution is -1.97. The fourth-order valence-electron chi connectivity index (χ4n) is 0.666. The van der Waals surface area contributed by atoms with Crippen molar-refractivity contribution in [2.45, 2.75) is 0 Å². The van der Waals surface area contributed by atoms with Crippen molar-refractivity contribution in [2.24, 2.45) is 0 Å². The molecule has 2 N–H and O–H groups in total. The van der Waals surface area contributed by atoms with Gasteiger partial charge < -0.3 is 10.2 Å². The summed E-state index contributed by atoms with van der Waals surface area (Å²) >= 11 is 2.99. The minimum absolute atomic E-state index is 0.160. The predicted molar refractivity (Wildman–Crippen MR) is 41.6 cm³/mol. The molecule has 0 unspecified atom stereocenters. The Morgan fingerprint density at radius 1 is 1.64 bits per heavy atom. The van der Waals surface area contributed by atoms with Crippen LogP contribution < -0.4 is 0 Å². The zero-order valence-corrected chi connectivity index (χ0v) is 6.92. The topological polar surface area (TPSA) is 57.5 Å². The van der Waals surface area contributed by atoms with Crippen LogP contribution in [0, 0.1) is 6.07 Å². The predicted octanol–water partition coefficient (Wildman–Crippen LogP) is 1.65. The lowest BCUT2D eigenvalue weighted by Gasteiger charge is -1.99. The smallest absolute Gasteiger partial charge is 0.340 e. The summed E-state index contributed by atoms with van der Waals surface area (Å²) in [6.07, 6.45) is 0. The number of benzene rings is 1. The molecule has 0 saturated heterocycles. The maximum atomic E-state index is 10.4. The number of carbonyl (C=O) groups is 1. The van der Waals surface area contributed by atoms with Crippen LogP contribution in [0.15, 0.2) is 16.6 Å². The molecule has 1 aromatic carbocycles. The maximum Gasteiger partial charge on any atom is 0.340 e. The number of phenols is 1. The summed E-state index contributed by atoms with van der Waals surface area (Å²) in [5.41, 5.74) is -0.160. The van der Waals surface area contributed by atoms with Crippen molar-refractivity contribution in [1.29, 1.82) is 0 Å². The summed E-state index contributed by atoms with van der Waals surface area (Å²) in [6.45, 7) is 0. The first-order valence-corrected chi connectivity index (χ1v) is 3.54. The fraction of sp³-hybridized carbons (Fsp3) is 0. The largest absolute Gasteiger partial charge is 0.506 e. The molecule has 0 bridgehead atoms. The van der Waals surface area contributed by atoms with E-state index in [1.165, 1.54) is 12.1 Å². The first kappa shape index (κ1) is 8.07. The normalized spacial score (nSPS) is 9.55. The number of aromatic carboxylic acids is 1. The van der Waals surface area contributed by atoms with E-state index in [1.807, 2.05) is 0 Å². The quantitative estimate of drug-likeness (QED) is 0.750. The van der Waals surface area contributed by atoms with Crippen LogP contribution in [0.1, 0.15) is 10.4 Å². The molecule has 0 heterocycles. The molecule has 3 nitrogen and oxygen atoms in total. The maximum absolute atomic E-state index is 10.4. The Bertz CT molecular complexity index is 275. The molecule has 1 aromatic rings. The van der Waals surface area contributed by atoms with Crippen molar-refractivity contribution < 1.29 is 15.0 Å². The Kier molecular flexibility index (Phi) is 2.14. The van der Waals surface area contributed by atoms with E-state index < -0.39 is 5.97 Å². The molecule has 0 aliphatic carbocycles. The van der Waals surface area contributed by atoms with E-state index in [-0.39, 0.29) is 11.3 Å². The second kappa shape index (κ2) is 2.92. The molecule has 1 radical (unpaired) electrons. The van der Waals surface area contributed by atoms with E-state index >= 15 is 0 Å². The number of hydrogen-bond acceptors (Lipinski definition) is 2. The molecular formula is C7H4BrO3. The highest BCUT2D eigenvalue weighted by molar-refractivity contribution is 9.10. The number of halogens is 1. The number of aromatic hydroxyl groups is 1. The molecule has 0 amide bonds. The SMILES string of the molecule is O=C(O)c1c(O)[c]ccc1Br. The average Bonchev–Trinajstić information content (AvgIpc) is 1.85. The third-order valence-corrected chi connectivity index (χ3v) is 1.80. The lowest BCUT2D eigenvalue weighted by molar-refractivity contribution is 0.0692. The van der Waals surface area contributed by atoms with E-state index in [1.54, 1.807) is 0 Å². The standard InChI is InChI=1S/C7H4BrO3/c8-4-2-1-3-5(9)6(4)7(10)11/h1-2,9H,(H,10,11). The van der Waals surface area contributed by atoms with E-state index in [9.17, 15) is 4.79 Å². The van der Waals surface area contributed by atoms with Crippen LogP contribution in [0.25, 0.3) is 0 Å². The van der Waals surface area contributed by atoms with Gasteiger partial charge in [-0.25, -0.2) is 4.79 Å². The highest BCUT2D eigenvalue weighted by Gasteiger charge is 2.12. The van der Waals surface area contributed by atoms with Gasteiger partial charge in [-0.15, -0.1) is 0 Å². The summed E-state index contributed by atoms with van der Waals surface area (Å²) in [4.78, 5) is 10.4. The van der Waals surface area contributed by atoms with Crippen molar-refractivity contribution in [1.82, 2.24) is 0 Å². The van der Waals surface area contributed by atoms with Gasteiger partial charge in [0, 0.05) is 10.5 Å². The van der Waals surface area contributed by atoms with Gasteiger partial charge in [0.2, 0.25) is 0 Å². The third-order valence-electron chi connectivity index (χ3n) is 1.14. The van der Waals surface area contributed by atoms with Gasteiger partial charge in [0.25, 0.3) is 0 Å². The molecular weight excluding hydrogens is 212 g/mol. The van der Waals surface area contributed by atoms with Crippen LogP contribution >= 0.6 is 15.9 Å². The van der Waals surface area contributed by atoms with Gasteiger partial charge in [0.15, 0.2) is 0 Å². The molecule has 0 aliphatic heterocycles. The van der Waals surface area contributed by atoms with Crippen molar-refractivity contribution in [3.63, 3.8) is 0 Å². The fourth-order valence-corrected chi connectivity index (χ4v) is 1.16. The third kappa shape index (κ3) is 1.51. The Balaban J connectivity index is 3.32. The summed E-state index contributed by atoms with van der Waals surface area (Å²) in [5.74, 6) is -1.53. The van der Waals surface area contributed by atoms with Gasteiger partial charge in [-0.2, -0.15) is 0 Å². The van der Waals surface area contributed by atoms with E-state index in [0.29, 0.717) is 4.47 Å². The number of carboxylic acids is 1. The van der Waals surface area contributed by atoms with Crippen molar-refractivity contribution in [3.8, 4) is 5.75 Å². The number of rotatable bonds is 1. The molecule has 1 rings (SSSR count). The number of hydrogen-bond donors (Lipinski definition) is 2. The summed E-state index contributed by atoms with van der Waals surface area (Å²) < 4.78 is 0.348. The molecule has 0 aliphatic rings. The van der Waals surface area contributed by atoms with Gasteiger partial charge in [-0.1, -0.05) is 0 Å². The van der Waals surface area contributed by atoms with Crippen molar-refractivity contribution in [3.05, 3.63) is 28.2 Å². The second-order valence-corrected chi connectivity index (χ2v) is 2.71. The Hall–Kier alpha value is -1.03. The minimum atomic E-state index is -1.17. The van der Waals surface area contributed by atoms with E-state index in [2.05, 4.69) is 22.0 Å². The van der Waals surface area contributed by atoms with Crippen molar-refractivity contribution in [2.75, 3.05) is 0 Å². The van der Waals surface area contributed by atoms with Gasteiger partial charge in [0.1, 0.15) is 11.3 Å². The van der Waals surface area contributed by atoms with Crippen LogP contribution in [0.2, 0.25) is 0 Å². The molecule has 0 atom stereocenters. The monoisotopic (exact) mass is 215 g/mol. The molecule has 11 heavy (non-hydrogen) atoms. The molecule has 0 spiro atoms. The average molecular weight is 216 g/mol. The highest BCUT2D eigenvalue weighted by Crippen LogP contribution is 2.24. The van der Waals surface area contributed by atoms with Crippen LogP contribution in [0.5, 0.6) is 5.75 Å². The Morgan fingerprint density at radius 3 is 2.64 bits per heavy atom. The summed E-state index contributed by atoms with van der Waals surface area (Å²) in [6, 6.07) is 5.31. The zero-order valence-electron chi connectivity index (χ0n) is 5.34. The molecule has 4 heteroatoms. The first-order valence-electron chi connectivity index (χ1n) is 2.75. The van der Waals surface area contributed by atoms with E-state index in [0.717, 1.165) is 0 Å². The minimum Gasteiger partial charge on any atom is -0.506 e. The zero-order chi connectivity index (χ0) is 8.43. The Labute approximate surface area is 71.4 Å². The molecule has 0 aromatic heterocycles. The summed E-state index contributed by atoms with van der Waals surface area (Å²) in [5, 5.41) is 17.5. The van der Waals surface area contributed by atoms with Crippen LogP contribution in [-0.2, 0) is 0 Å². The second-order valence-electron chi connectivity index (χ2n) is 1.85. The number of carboxylic acid groups (broad SMARTS) is 1. The van der Waals surface area contributed by atoms with Crippen LogP contribution in [0.4, 0.5) is 0 Å².